The Morgan fingerprint density at radius 1 is 1.16 bits per heavy atom. The second-order valence-corrected chi connectivity index (χ2v) is 9.03. The van der Waals surface area contributed by atoms with Crippen LogP contribution in [-0.2, 0) is 4.79 Å². The molecule has 1 saturated heterocycles. The van der Waals surface area contributed by atoms with E-state index in [2.05, 4.69) is 28.5 Å². The van der Waals surface area contributed by atoms with Gasteiger partial charge >= 0.3 is 0 Å². The van der Waals surface area contributed by atoms with E-state index in [-0.39, 0.29) is 11.8 Å². The average Bonchev–Trinajstić information content (AvgIpc) is 3.32. The minimum Gasteiger partial charge on any atom is -0.371 e. The maximum Gasteiger partial charge on any atom is 0.253 e. The van der Waals surface area contributed by atoms with E-state index < -0.39 is 6.04 Å². The topological polar surface area (TPSA) is 61.4 Å². The summed E-state index contributed by atoms with van der Waals surface area (Å²) in [7, 11) is 0. The van der Waals surface area contributed by atoms with Crippen LogP contribution in [0.25, 0.3) is 0 Å². The third-order valence-electron chi connectivity index (χ3n) is 5.47. The molecule has 3 rings (SSSR count). The molecule has 1 aliphatic heterocycles. The van der Waals surface area contributed by atoms with Gasteiger partial charge in [-0.3, -0.25) is 9.59 Å². The number of hydrogen-bond donors (Lipinski definition) is 2. The molecule has 1 fully saturated rings. The van der Waals surface area contributed by atoms with Crippen molar-refractivity contribution in [1.29, 1.82) is 0 Å². The standard InChI is InChI=1S/C24H30ClN3O2S/c1-3-4-10-22(27-23(29)20-16-19(31-2)11-12-21(20)25)24(30)26-17-8-7-9-18(15-17)28-13-5-6-14-28/h7-9,11-12,15-16,22H,3-6,10,13-14H2,1-2H3,(H,26,30)(H,27,29). The largest absolute Gasteiger partial charge is 0.371 e. The van der Waals surface area contributed by atoms with Crippen LogP contribution in [0, 0.1) is 0 Å². The lowest BCUT2D eigenvalue weighted by atomic mass is 10.1. The lowest BCUT2D eigenvalue weighted by Gasteiger charge is -2.21. The van der Waals surface area contributed by atoms with Crippen molar-refractivity contribution in [3.8, 4) is 0 Å². The molecule has 5 nitrogen and oxygen atoms in total. The number of anilines is 2. The monoisotopic (exact) mass is 459 g/mol. The fraction of sp³-hybridized carbons (Fsp3) is 0.417. The number of halogens is 1. The number of hydrogen-bond acceptors (Lipinski definition) is 4. The molecule has 0 bridgehead atoms. The summed E-state index contributed by atoms with van der Waals surface area (Å²) >= 11 is 7.79. The van der Waals surface area contributed by atoms with E-state index in [0.29, 0.717) is 17.0 Å². The Kier molecular flexibility index (Phi) is 8.67. The highest BCUT2D eigenvalue weighted by molar-refractivity contribution is 7.98. The molecule has 7 heteroatoms. The molecule has 2 aromatic carbocycles. The summed E-state index contributed by atoms with van der Waals surface area (Å²) in [6, 6.07) is 12.6. The number of nitrogens with one attached hydrogen (secondary N) is 2. The van der Waals surface area contributed by atoms with Gasteiger partial charge in [-0.25, -0.2) is 0 Å². The molecule has 166 valence electrons. The second kappa shape index (κ2) is 11.4. The van der Waals surface area contributed by atoms with Crippen LogP contribution in [0.15, 0.2) is 47.4 Å². The molecular formula is C24H30ClN3O2S. The Hall–Kier alpha value is -2.18. The summed E-state index contributed by atoms with van der Waals surface area (Å²) in [5.41, 5.74) is 2.25. The van der Waals surface area contributed by atoms with Crippen LogP contribution < -0.4 is 15.5 Å². The lowest BCUT2D eigenvalue weighted by Crippen LogP contribution is -2.43. The van der Waals surface area contributed by atoms with Crippen LogP contribution in [0.1, 0.15) is 49.4 Å². The van der Waals surface area contributed by atoms with E-state index in [1.165, 1.54) is 24.6 Å². The quantitative estimate of drug-likeness (QED) is 0.480. The van der Waals surface area contributed by atoms with Crippen molar-refractivity contribution in [2.24, 2.45) is 0 Å². The van der Waals surface area contributed by atoms with Crippen molar-refractivity contribution in [2.45, 2.75) is 50.0 Å². The van der Waals surface area contributed by atoms with Gasteiger partial charge in [0.1, 0.15) is 6.04 Å². The number of carbonyl (C=O) groups excluding carboxylic acids is 2. The van der Waals surface area contributed by atoms with Gasteiger partial charge in [-0.2, -0.15) is 0 Å². The first kappa shape index (κ1) is 23.5. The molecule has 0 radical (unpaired) electrons. The number of carbonyl (C=O) groups is 2. The molecule has 2 amide bonds. The van der Waals surface area contributed by atoms with Crippen LogP contribution in [0.4, 0.5) is 11.4 Å². The van der Waals surface area contributed by atoms with Crippen molar-refractivity contribution < 1.29 is 9.59 Å². The summed E-state index contributed by atoms with van der Waals surface area (Å²) < 4.78 is 0. The van der Waals surface area contributed by atoms with Gasteiger partial charge in [0, 0.05) is 29.4 Å². The van der Waals surface area contributed by atoms with Crippen molar-refractivity contribution in [1.82, 2.24) is 5.32 Å². The molecule has 31 heavy (non-hydrogen) atoms. The van der Waals surface area contributed by atoms with Crippen molar-refractivity contribution >= 4 is 46.6 Å². The normalized spacial score (nSPS) is 14.4. The third-order valence-corrected chi connectivity index (χ3v) is 6.53. The van der Waals surface area contributed by atoms with E-state index in [4.69, 9.17) is 11.6 Å². The molecule has 0 saturated carbocycles. The molecule has 0 aliphatic carbocycles. The highest BCUT2D eigenvalue weighted by atomic mass is 35.5. The molecule has 1 aliphatic rings. The van der Waals surface area contributed by atoms with Gasteiger partial charge in [-0.1, -0.05) is 37.4 Å². The van der Waals surface area contributed by atoms with Gasteiger partial charge in [0.2, 0.25) is 5.91 Å². The van der Waals surface area contributed by atoms with E-state index in [1.807, 2.05) is 30.5 Å². The number of amides is 2. The Bertz CT molecular complexity index is 915. The first-order chi connectivity index (χ1) is 15.0. The number of thioether (sulfide) groups is 1. The van der Waals surface area contributed by atoms with E-state index >= 15 is 0 Å². The van der Waals surface area contributed by atoms with Gasteiger partial charge in [0.15, 0.2) is 0 Å². The highest BCUT2D eigenvalue weighted by Gasteiger charge is 2.23. The van der Waals surface area contributed by atoms with Gasteiger partial charge in [-0.05, 0) is 61.9 Å². The predicted molar refractivity (Wildman–Crippen MR) is 131 cm³/mol. The fourth-order valence-corrected chi connectivity index (χ4v) is 4.35. The van der Waals surface area contributed by atoms with Crippen molar-refractivity contribution in [3.05, 3.63) is 53.1 Å². The van der Waals surface area contributed by atoms with Gasteiger partial charge in [0.25, 0.3) is 5.91 Å². The van der Waals surface area contributed by atoms with Gasteiger partial charge in [0.05, 0.1) is 10.6 Å². The zero-order valence-corrected chi connectivity index (χ0v) is 19.7. The maximum atomic E-state index is 13.0. The SMILES string of the molecule is CCCCC(NC(=O)c1cc(SC)ccc1Cl)C(=O)Nc1cccc(N2CCCC2)c1. The molecule has 1 unspecified atom stereocenters. The zero-order chi connectivity index (χ0) is 22.2. The van der Waals surface area contributed by atoms with Gasteiger partial charge in [-0.15, -0.1) is 11.8 Å². The predicted octanol–water partition coefficient (Wildman–Crippen LogP) is 5.59. The van der Waals surface area contributed by atoms with Crippen LogP contribution in [0.2, 0.25) is 5.02 Å². The second-order valence-electron chi connectivity index (χ2n) is 7.75. The summed E-state index contributed by atoms with van der Waals surface area (Å²) in [6.07, 6.45) is 6.68. The number of rotatable bonds is 9. The number of nitrogens with zero attached hydrogens (tertiary/aromatic N) is 1. The molecule has 1 atom stereocenters. The summed E-state index contributed by atoms with van der Waals surface area (Å²) in [5.74, 6) is -0.541. The highest BCUT2D eigenvalue weighted by Crippen LogP contribution is 2.25. The zero-order valence-electron chi connectivity index (χ0n) is 18.1. The number of benzene rings is 2. The molecule has 1 heterocycles. The van der Waals surface area contributed by atoms with Crippen molar-refractivity contribution in [3.63, 3.8) is 0 Å². The Labute approximate surface area is 193 Å². The Morgan fingerprint density at radius 2 is 1.94 bits per heavy atom. The summed E-state index contributed by atoms with van der Waals surface area (Å²) in [6.45, 7) is 4.15. The summed E-state index contributed by atoms with van der Waals surface area (Å²) in [5, 5.41) is 6.26. The Balaban J connectivity index is 1.72. The number of unbranched alkanes of at least 4 members (excludes halogenated alkanes) is 1. The van der Waals surface area contributed by atoms with E-state index in [1.54, 1.807) is 12.1 Å². The van der Waals surface area contributed by atoms with E-state index in [0.717, 1.165) is 42.2 Å². The average molecular weight is 460 g/mol. The summed E-state index contributed by atoms with van der Waals surface area (Å²) in [4.78, 5) is 29.2. The third kappa shape index (κ3) is 6.40. The molecular weight excluding hydrogens is 430 g/mol. The molecule has 0 aromatic heterocycles. The maximum absolute atomic E-state index is 13.0. The van der Waals surface area contributed by atoms with Crippen molar-refractivity contribution in [2.75, 3.05) is 29.6 Å². The first-order valence-electron chi connectivity index (χ1n) is 10.8. The van der Waals surface area contributed by atoms with Crippen LogP contribution in [0.5, 0.6) is 0 Å². The minimum atomic E-state index is -0.628. The van der Waals surface area contributed by atoms with Gasteiger partial charge < -0.3 is 15.5 Å². The Morgan fingerprint density at radius 3 is 2.65 bits per heavy atom. The first-order valence-corrected chi connectivity index (χ1v) is 12.4. The van der Waals surface area contributed by atoms with Crippen LogP contribution in [0.3, 0.4) is 0 Å². The molecule has 0 spiro atoms. The van der Waals surface area contributed by atoms with Crippen LogP contribution >= 0.6 is 23.4 Å². The minimum absolute atomic E-state index is 0.211. The molecule has 2 N–H and O–H groups in total. The molecule has 2 aromatic rings. The van der Waals surface area contributed by atoms with E-state index in [9.17, 15) is 9.59 Å². The fourth-order valence-electron chi connectivity index (χ4n) is 3.70. The smallest absolute Gasteiger partial charge is 0.253 e. The van der Waals surface area contributed by atoms with Crippen LogP contribution in [-0.4, -0.2) is 37.2 Å². The lowest BCUT2D eigenvalue weighted by molar-refractivity contribution is -0.118.